The number of carbonyl (C=O) groups excluding carboxylic acids is 1. The number of carbonyl (C=O) groups is 1. The van der Waals surface area contributed by atoms with Gasteiger partial charge in [0.15, 0.2) is 0 Å². The normalized spacial score (nSPS) is 25.8. The van der Waals surface area contributed by atoms with E-state index < -0.39 is 5.54 Å². The number of aryl methyl sites for hydroxylation is 1. The predicted molar refractivity (Wildman–Crippen MR) is 85.7 cm³/mol. The van der Waals surface area contributed by atoms with Crippen molar-refractivity contribution >= 4 is 17.7 Å². The third kappa shape index (κ3) is 3.36. The highest BCUT2D eigenvalue weighted by Crippen LogP contribution is 2.38. The minimum Gasteiger partial charge on any atom is -0.368 e. The maximum atomic E-state index is 11.7. The number of thioether (sulfide) groups is 1. The first kappa shape index (κ1) is 15.4. The zero-order valence-corrected chi connectivity index (χ0v) is 13.1. The van der Waals surface area contributed by atoms with E-state index >= 15 is 0 Å². The van der Waals surface area contributed by atoms with Gasteiger partial charge in [0.05, 0.1) is 5.54 Å². The van der Waals surface area contributed by atoms with Crippen LogP contribution in [0.25, 0.3) is 0 Å². The third-order valence-corrected chi connectivity index (χ3v) is 5.54. The summed E-state index contributed by atoms with van der Waals surface area (Å²) in [5.41, 5.74) is 7.85. The van der Waals surface area contributed by atoms with E-state index in [1.54, 1.807) is 0 Å². The lowest BCUT2D eigenvalue weighted by Gasteiger charge is -2.26. The molecule has 0 heterocycles. The third-order valence-electron chi connectivity index (χ3n) is 4.19. The number of rotatable bonds is 6. The van der Waals surface area contributed by atoms with Gasteiger partial charge in [-0.25, -0.2) is 0 Å². The zero-order valence-electron chi connectivity index (χ0n) is 12.3. The summed E-state index contributed by atoms with van der Waals surface area (Å²) in [4.78, 5) is 11.7. The fourth-order valence-electron chi connectivity index (χ4n) is 2.93. The monoisotopic (exact) mass is 292 g/mol. The topological polar surface area (TPSA) is 55.1 Å². The molecule has 20 heavy (non-hydrogen) atoms. The molecule has 1 amide bonds. The van der Waals surface area contributed by atoms with Gasteiger partial charge in [0.1, 0.15) is 0 Å². The van der Waals surface area contributed by atoms with Gasteiger partial charge in [-0.1, -0.05) is 31.2 Å². The number of amides is 1. The van der Waals surface area contributed by atoms with Crippen molar-refractivity contribution < 1.29 is 4.79 Å². The highest BCUT2D eigenvalue weighted by atomic mass is 32.2. The summed E-state index contributed by atoms with van der Waals surface area (Å²) < 4.78 is 0. The number of hydrogen-bond donors (Lipinski definition) is 2. The molecule has 1 aromatic rings. The number of likely N-dealkylation sites (N-methyl/N-ethyl adjacent to an activating group) is 1. The van der Waals surface area contributed by atoms with E-state index in [9.17, 15) is 4.79 Å². The highest BCUT2D eigenvalue weighted by molar-refractivity contribution is 7.99. The lowest BCUT2D eigenvalue weighted by molar-refractivity contribution is -0.124. The van der Waals surface area contributed by atoms with Crippen LogP contribution < -0.4 is 11.1 Å². The molecule has 0 aliphatic heterocycles. The van der Waals surface area contributed by atoms with Gasteiger partial charge in [0, 0.05) is 11.0 Å². The minimum atomic E-state index is -0.474. The van der Waals surface area contributed by atoms with Gasteiger partial charge in [0.25, 0.3) is 0 Å². The molecule has 0 bridgehead atoms. The smallest absolute Gasteiger partial charge is 0.237 e. The van der Waals surface area contributed by atoms with Crippen molar-refractivity contribution in [2.75, 3.05) is 6.54 Å². The maximum Gasteiger partial charge on any atom is 0.237 e. The molecule has 3 nitrogen and oxygen atoms in total. The second kappa shape index (κ2) is 6.64. The molecule has 0 saturated heterocycles. The number of nitrogens with two attached hydrogens (primary N) is 1. The Bertz CT molecular complexity index is 477. The van der Waals surface area contributed by atoms with E-state index in [1.807, 2.05) is 18.7 Å². The molecule has 110 valence electrons. The summed E-state index contributed by atoms with van der Waals surface area (Å²) in [6.45, 7) is 4.97. The summed E-state index contributed by atoms with van der Waals surface area (Å²) in [7, 11) is 0. The molecule has 0 spiro atoms. The Labute approximate surface area is 125 Å². The van der Waals surface area contributed by atoms with Crippen LogP contribution in [0.3, 0.4) is 0 Å². The van der Waals surface area contributed by atoms with Crippen LogP contribution in [-0.4, -0.2) is 23.2 Å². The van der Waals surface area contributed by atoms with Crippen molar-refractivity contribution in [1.29, 1.82) is 0 Å². The summed E-state index contributed by atoms with van der Waals surface area (Å²) in [6.07, 6.45) is 2.78. The lowest BCUT2D eigenvalue weighted by atomic mass is 9.97. The Kier molecular flexibility index (Phi) is 5.11. The van der Waals surface area contributed by atoms with Gasteiger partial charge in [-0.05, 0) is 43.9 Å². The second-order valence-corrected chi connectivity index (χ2v) is 6.87. The Hall–Kier alpha value is -1.00. The summed E-state index contributed by atoms with van der Waals surface area (Å²) >= 11 is 1.95. The molecule has 1 aliphatic carbocycles. The highest BCUT2D eigenvalue weighted by Gasteiger charge is 2.43. The minimum absolute atomic E-state index is 0.196. The van der Waals surface area contributed by atoms with Crippen molar-refractivity contribution in [3.63, 3.8) is 0 Å². The van der Waals surface area contributed by atoms with Crippen LogP contribution in [0.5, 0.6) is 0 Å². The van der Waals surface area contributed by atoms with Crippen LogP contribution in [0.1, 0.15) is 37.3 Å². The van der Waals surface area contributed by atoms with Crippen molar-refractivity contribution in [3.8, 4) is 0 Å². The molecule has 2 unspecified atom stereocenters. The molecular formula is C16H24N2OS. The molecular weight excluding hydrogens is 268 g/mol. The quantitative estimate of drug-likeness (QED) is 0.847. The van der Waals surface area contributed by atoms with Crippen molar-refractivity contribution in [1.82, 2.24) is 5.32 Å². The molecule has 1 aliphatic rings. The zero-order chi connectivity index (χ0) is 14.6. The second-order valence-electron chi connectivity index (χ2n) is 5.58. The number of benzene rings is 1. The van der Waals surface area contributed by atoms with Crippen LogP contribution >= 0.6 is 11.8 Å². The maximum absolute atomic E-state index is 11.7. The largest absolute Gasteiger partial charge is 0.368 e. The van der Waals surface area contributed by atoms with Crippen LogP contribution in [0, 0.1) is 6.92 Å². The first-order chi connectivity index (χ1) is 9.57. The number of hydrogen-bond acceptors (Lipinski definition) is 3. The molecule has 2 rings (SSSR count). The van der Waals surface area contributed by atoms with Crippen molar-refractivity contribution in [2.24, 2.45) is 5.73 Å². The van der Waals surface area contributed by atoms with Crippen LogP contribution in [0.4, 0.5) is 0 Å². The number of primary amides is 1. The van der Waals surface area contributed by atoms with E-state index in [2.05, 4.69) is 36.5 Å². The van der Waals surface area contributed by atoms with Crippen LogP contribution in [-0.2, 0) is 10.5 Å². The Morgan fingerprint density at radius 1 is 1.50 bits per heavy atom. The van der Waals surface area contributed by atoms with Gasteiger partial charge >= 0.3 is 0 Å². The van der Waals surface area contributed by atoms with Crippen molar-refractivity contribution in [3.05, 3.63) is 35.4 Å². The van der Waals surface area contributed by atoms with Crippen LogP contribution in [0.2, 0.25) is 0 Å². The Balaban J connectivity index is 1.93. The van der Waals surface area contributed by atoms with E-state index in [4.69, 9.17) is 5.73 Å². The molecule has 1 fully saturated rings. The SMILES string of the molecule is CCNC1(C(N)=O)CCC(SCc2ccccc2C)C1. The summed E-state index contributed by atoms with van der Waals surface area (Å²) in [6, 6.07) is 8.49. The fraction of sp³-hybridized carbons (Fsp3) is 0.562. The first-order valence-corrected chi connectivity index (χ1v) is 8.33. The molecule has 3 N–H and O–H groups in total. The van der Waals surface area contributed by atoms with E-state index in [0.29, 0.717) is 5.25 Å². The molecule has 0 aromatic heterocycles. The Morgan fingerprint density at radius 2 is 2.25 bits per heavy atom. The van der Waals surface area contributed by atoms with Gasteiger partial charge in [-0.2, -0.15) is 11.8 Å². The average molecular weight is 292 g/mol. The molecule has 2 atom stereocenters. The standard InChI is InChI=1S/C16H24N2OS/c1-3-18-16(15(17)19)9-8-14(10-16)20-11-13-7-5-4-6-12(13)2/h4-7,14,18H,3,8-11H2,1-2H3,(H2,17,19). The van der Waals surface area contributed by atoms with E-state index in [1.165, 1.54) is 11.1 Å². The Morgan fingerprint density at radius 3 is 2.90 bits per heavy atom. The van der Waals surface area contributed by atoms with E-state index in [0.717, 1.165) is 31.6 Å². The number of nitrogens with one attached hydrogen (secondary N) is 1. The average Bonchev–Trinajstić information content (AvgIpc) is 2.83. The molecule has 1 saturated carbocycles. The summed E-state index contributed by atoms with van der Waals surface area (Å²) in [5, 5.41) is 3.82. The van der Waals surface area contributed by atoms with Gasteiger partial charge < -0.3 is 11.1 Å². The molecule has 0 radical (unpaired) electrons. The van der Waals surface area contributed by atoms with E-state index in [-0.39, 0.29) is 5.91 Å². The van der Waals surface area contributed by atoms with Crippen LogP contribution in [0.15, 0.2) is 24.3 Å². The van der Waals surface area contributed by atoms with Gasteiger partial charge in [-0.3, -0.25) is 4.79 Å². The molecule has 4 heteroatoms. The van der Waals surface area contributed by atoms with Crippen molar-refractivity contribution in [2.45, 2.75) is 49.7 Å². The van der Waals surface area contributed by atoms with Gasteiger partial charge in [0.2, 0.25) is 5.91 Å². The lowest BCUT2D eigenvalue weighted by Crippen LogP contribution is -2.53. The fourth-order valence-corrected chi connectivity index (χ4v) is 4.36. The molecule has 1 aromatic carbocycles. The predicted octanol–water partition coefficient (Wildman–Crippen LogP) is 2.61. The first-order valence-electron chi connectivity index (χ1n) is 7.28. The van der Waals surface area contributed by atoms with Gasteiger partial charge in [-0.15, -0.1) is 0 Å². The summed E-state index contributed by atoms with van der Waals surface area (Å²) in [5.74, 6) is 0.816.